The van der Waals surface area contributed by atoms with Gasteiger partial charge in [-0.05, 0) is 32.4 Å². The van der Waals surface area contributed by atoms with E-state index < -0.39 is 0 Å². The number of aryl methyl sites for hydroxylation is 2. The van der Waals surface area contributed by atoms with Crippen molar-refractivity contribution in [3.8, 4) is 0 Å². The van der Waals surface area contributed by atoms with Crippen molar-refractivity contribution in [1.82, 2.24) is 30.1 Å². The van der Waals surface area contributed by atoms with Gasteiger partial charge in [-0.1, -0.05) is 5.21 Å². The lowest BCUT2D eigenvalue weighted by atomic mass is 10.1. The highest BCUT2D eigenvalue weighted by molar-refractivity contribution is 5.25. The Balaban J connectivity index is 1.96. The fourth-order valence-corrected chi connectivity index (χ4v) is 2.38. The molecule has 0 saturated heterocycles. The Kier molecular flexibility index (Phi) is 5.46. The summed E-state index contributed by atoms with van der Waals surface area (Å²) < 4.78 is 8.73. The van der Waals surface area contributed by atoms with Gasteiger partial charge < -0.3 is 10.1 Å². The standard InChI is InChI=1S/C14H24N6O/c1-11-14(5-6-15-7-8-21-4)12(2)20(17-11)10-13-9-19(3)18-16-13/h9,15H,5-8,10H2,1-4H3. The van der Waals surface area contributed by atoms with Gasteiger partial charge in [-0.15, -0.1) is 5.10 Å². The normalized spacial score (nSPS) is 11.2. The van der Waals surface area contributed by atoms with Gasteiger partial charge in [0, 0.05) is 32.6 Å². The molecular formula is C14H24N6O. The number of nitrogens with zero attached hydrogens (tertiary/aromatic N) is 5. The number of hydrogen-bond donors (Lipinski definition) is 1. The van der Waals surface area contributed by atoms with Crippen LogP contribution in [-0.4, -0.2) is 51.6 Å². The molecule has 2 rings (SSSR count). The van der Waals surface area contributed by atoms with Crippen LogP contribution < -0.4 is 5.32 Å². The van der Waals surface area contributed by atoms with Crippen molar-refractivity contribution >= 4 is 0 Å². The molecule has 0 aliphatic carbocycles. The van der Waals surface area contributed by atoms with Gasteiger partial charge in [-0.25, -0.2) is 0 Å². The average Bonchev–Trinajstić information content (AvgIpc) is 2.96. The summed E-state index contributed by atoms with van der Waals surface area (Å²) in [7, 11) is 3.58. The Bertz CT molecular complexity index is 574. The van der Waals surface area contributed by atoms with E-state index in [1.165, 1.54) is 11.3 Å². The average molecular weight is 292 g/mol. The van der Waals surface area contributed by atoms with E-state index >= 15 is 0 Å². The minimum atomic E-state index is 0.664. The smallest absolute Gasteiger partial charge is 0.104 e. The van der Waals surface area contributed by atoms with Crippen LogP contribution in [0.4, 0.5) is 0 Å². The van der Waals surface area contributed by atoms with Crippen LogP contribution in [0.5, 0.6) is 0 Å². The van der Waals surface area contributed by atoms with Gasteiger partial charge in [-0.2, -0.15) is 5.10 Å². The molecule has 21 heavy (non-hydrogen) atoms. The molecule has 116 valence electrons. The van der Waals surface area contributed by atoms with Crippen molar-refractivity contribution in [2.24, 2.45) is 7.05 Å². The maximum atomic E-state index is 5.02. The van der Waals surface area contributed by atoms with Crippen molar-refractivity contribution in [2.45, 2.75) is 26.8 Å². The third-order valence-electron chi connectivity index (χ3n) is 3.53. The summed E-state index contributed by atoms with van der Waals surface area (Å²) in [4.78, 5) is 0. The Morgan fingerprint density at radius 3 is 2.76 bits per heavy atom. The zero-order valence-corrected chi connectivity index (χ0v) is 13.3. The first-order chi connectivity index (χ1) is 10.1. The van der Waals surface area contributed by atoms with Crippen molar-refractivity contribution in [1.29, 1.82) is 0 Å². The van der Waals surface area contributed by atoms with Gasteiger partial charge in [0.2, 0.25) is 0 Å². The molecule has 7 nitrogen and oxygen atoms in total. The Labute approximate surface area is 125 Å². The first-order valence-electron chi connectivity index (χ1n) is 7.19. The molecule has 0 radical (unpaired) electrons. The highest BCUT2D eigenvalue weighted by atomic mass is 16.5. The highest BCUT2D eigenvalue weighted by Crippen LogP contribution is 2.14. The Morgan fingerprint density at radius 2 is 2.10 bits per heavy atom. The third kappa shape index (κ3) is 4.12. The molecule has 0 aliphatic rings. The van der Waals surface area contributed by atoms with Crippen LogP contribution in [0.25, 0.3) is 0 Å². The summed E-state index contributed by atoms with van der Waals surface area (Å²) in [5.41, 5.74) is 4.52. The fourth-order valence-electron chi connectivity index (χ4n) is 2.38. The maximum Gasteiger partial charge on any atom is 0.104 e. The van der Waals surface area contributed by atoms with E-state index in [0.29, 0.717) is 6.54 Å². The monoisotopic (exact) mass is 292 g/mol. The number of ether oxygens (including phenoxy) is 1. The second-order valence-corrected chi connectivity index (χ2v) is 5.18. The van der Waals surface area contributed by atoms with E-state index in [-0.39, 0.29) is 0 Å². The molecule has 0 bridgehead atoms. The van der Waals surface area contributed by atoms with Crippen molar-refractivity contribution < 1.29 is 4.74 Å². The molecule has 2 heterocycles. The second-order valence-electron chi connectivity index (χ2n) is 5.18. The van der Waals surface area contributed by atoms with Gasteiger partial charge in [0.25, 0.3) is 0 Å². The van der Waals surface area contributed by atoms with E-state index in [2.05, 4.69) is 34.6 Å². The van der Waals surface area contributed by atoms with E-state index in [1.807, 2.05) is 17.9 Å². The van der Waals surface area contributed by atoms with E-state index in [4.69, 9.17) is 4.74 Å². The molecule has 0 unspecified atom stereocenters. The molecule has 1 N–H and O–H groups in total. The summed E-state index contributed by atoms with van der Waals surface area (Å²) in [5, 5.41) is 16.0. The summed E-state index contributed by atoms with van der Waals surface area (Å²) in [6.45, 7) is 7.39. The summed E-state index contributed by atoms with van der Waals surface area (Å²) >= 11 is 0. The molecule has 0 amide bonds. The molecule has 0 atom stereocenters. The number of aromatic nitrogens is 5. The molecule has 2 aromatic rings. The van der Waals surface area contributed by atoms with E-state index in [0.717, 1.165) is 37.5 Å². The van der Waals surface area contributed by atoms with Gasteiger partial charge in [0.1, 0.15) is 5.69 Å². The molecule has 0 aliphatic heterocycles. The molecule has 7 heteroatoms. The van der Waals surface area contributed by atoms with Crippen LogP contribution in [-0.2, 0) is 24.8 Å². The Hall–Kier alpha value is -1.73. The van der Waals surface area contributed by atoms with E-state index in [1.54, 1.807) is 11.8 Å². The second kappa shape index (κ2) is 7.33. The zero-order valence-electron chi connectivity index (χ0n) is 13.3. The highest BCUT2D eigenvalue weighted by Gasteiger charge is 2.12. The maximum absolute atomic E-state index is 5.02. The van der Waals surface area contributed by atoms with Crippen molar-refractivity contribution in [2.75, 3.05) is 26.8 Å². The largest absolute Gasteiger partial charge is 0.383 e. The number of nitrogens with one attached hydrogen (secondary N) is 1. The van der Waals surface area contributed by atoms with E-state index in [9.17, 15) is 0 Å². The SMILES string of the molecule is COCCNCCc1c(C)nn(Cc2cn(C)nn2)c1C. The van der Waals surface area contributed by atoms with Crippen molar-refractivity contribution in [3.63, 3.8) is 0 Å². The van der Waals surface area contributed by atoms with Gasteiger partial charge in [0.15, 0.2) is 0 Å². The summed E-state index contributed by atoms with van der Waals surface area (Å²) in [6.07, 6.45) is 2.89. The molecule has 2 aromatic heterocycles. The lowest BCUT2D eigenvalue weighted by Gasteiger charge is -2.05. The third-order valence-corrected chi connectivity index (χ3v) is 3.53. The Morgan fingerprint density at radius 1 is 1.29 bits per heavy atom. The summed E-state index contributed by atoms with van der Waals surface area (Å²) in [5.74, 6) is 0. The first-order valence-corrected chi connectivity index (χ1v) is 7.19. The van der Waals surface area contributed by atoms with Crippen LogP contribution in [0.15, 0.2) is 6.20 Å². The van der Waals surface area contributed by atoms with Crippen LogP contribution in [0.3, 0.4) is 0 Å². The van der Waals surface area contributed by atoms with Crippen LogP contribution in [0.2, 0.25) is 0 Å². The zero-order chi connectivity index (χ0) is 15.2. The van der Waals surface area contributed by atoms with Crippen molar-refractivity contribution in [3.05, 3.63) is 28.8 Å². The number of rotatable bonds is 8. The summed E-state index contributed by atoms with van der Waals surface area (Å²) in [6, 6.07) is 0. The quantitative estimate of drug-likeness (QED) is 0.716. The lowest BCUT2D eigenvalue weighted by molar-refractivity contribution is 0.199. The molecule has 0 spiro atoms. The number of methoxy groups -OCH3 is 1. The molecule has 0 aromatic carbocycles. The number of hydrogen-bond acceptors (Lipinski definition) is 5. The predicted octanol–water partition coefficient (Wildman–Crippen LogP) is 0.455. The van der Waals surface area contributed by atoms with Gasteiger partial charge >= 0.3 is 0 Å². The minimum absolute atomic E-state index is 0.664. The minimum Gasteiger partial charge on any atom is -0.383 e. The fraction of sp³-hybridized carbons (Fsp3) is 0.643. The van der Waals surface area contributed by atoms with Gasteiger partial charge in [-0.3, -0.25) is 9.36 Å². The van der Waals surface area contributed by atoms with Crippen LogP contribution in [0, 0.1) is 13.8 Å². The van der Waals surface area contributed by atoms with Crippen LogP contribution >= 0.6 is 0 Å². The lowest BCUT2D eigenvalue weighted by Crippen LogP contribution is -2.22. The van der Waals surface area contributed by atoms with Crippen LogP contribution in [0.1, 0.15) is 22.6 Å². The van der Waals surface area contributed by atoms with Gasteiger partial charge in [0.05, 0.1) is 18.8 Å². The topological polar surface area (TPSA) is 69.8 Å². The predicted molar refractivity (Wildman–Crippen MR) is 80.3 cm³/mol. The molecule has 0 fully saturated rings. The molecular weight excluding hydrogens is 268 g/mol. The molecule has 0 saturated carbocycles. The first kappa shape index (κ1) is 15.7.